The lowest BCUT2D eigenvalue weighted by molar-refractivity contribution is 0.0697. The number of anilines is 4. The largest absolute Gasteiger partial charge is 0.478 e. The van der Waals surface area contributed by atoms with E-state index in [4.69, 9.17) is 16.7 Å². The Morgan fingerprint density at radius 2 is 1.59 bits per heavy atom. The van der Waals surface area contributed by atoms with Gasteiger partial charge in [0.1, 0.15) is 17.5 Å². The average Bonchev–Trinajstić information content (AvgIpc) is 2.58. The molecule has 6 nitrogen and oxygen atoms in total. The monoisotopic (exact) mass is 382 g/mol. The lowest BCUT2D eigenvalue weighted by Crippen LogP contribution is -2.03. The minimum Gasteiger partial charge on any atom is -0.478 e. The van der Waals surface area contributed by atoms with Crippen LogP contribution in [0.25, 0.3) is 0 Å². The molecule has 27 heavy (non-hydrogen) atoms. The van der Waals surface area contributed by atoms with Gasteiger partial charge in [0.05, 0.1) is 16.3 Å². The highest BCUT2D eigenvalue weighted by atomic mass is 35.5. The molecule has 1 heterocycles. The van der Waals surface area contributed by atoms with Gasteiger partial charge in [-0.25, -0.2) is 14.8 Å². The van der Waals surface area contributed by atoms with Gasteiger partial charge < -0.3 is 15.7 Å². The van der Waals surface area contributed by atoms with E-state index >= 15 is 0 Å². The number of carboxylic acids is 1. The molecule has 0 aliphatic rings. The quantitative estimate of drug-likeness (QED) is 0.559. The SMILES string of the molecule is Cc1cc(C)c(Nc2cc(Nc3ccc(C(=O)O)cc3)nc(C)n2)c(Cl)c1. The van der Waals surface area contributed by atoms with Crippen molar-refractivity contribution in [2.24, 2.45) is 0 Å². The molecule has 1 aromatic heterocycles. The van der Waals surface area contributed by atoms with Gasteiger partial charge in [-0.3, -0.25) is 0 Å². The van der Waals surface area contributed by atoms with Crippen LogP contribution in [0, 0.1) is 20.8 Å². The third-order valence-electron chi connectivity index (χ3n) is 3.93. The molecule has 0 aliphatic heterocycles. The number of hydrogen-bond acceptors (Lipinski definition) is 5. The van der Waals surface area contributed by atoms with E-state index in [-0.39, 0.29) is 5.56 Å². The number of nitrogens with one attached hydrogen (secondary N) is 2. The van der Waals surface area contributed by atoms with Gasteiger partial charge in [-0.05, 0) is 62.2 Å². The Labute approximate surface area is 162 Å². The van der Waals surface area contributed by atoms with Crippen molar-refractivity contribution in [1.29, 1.82) is 0 Å². The molecular weight excluding hydrogens is 364 g/mol. The molecule has 0 unspecified atom stereocenters. The summed E-state index contributed by atoms with van der Waals surface area (Å²) in [6, 6.07) is 12.2. The number of aromatic nitrogens is 2. The molecule has 0 fully saturated rings. The number of benzene rings is 2. The first-order valence-corrected chi connectivity index (χ1v) is 8.69. The Balaban J connectivity index is 1.85. The highest BCUT2D eigenvalue weighted by molar-refractivity contribution is 6.33. The zero-order valence-corrected chi connectivity index (χ0v) is 15.9. The zero-order valence-electron chi connectivity index (χ0n) is 15.2. The van der Waals surface area contributed by atoms with Gasteiger partial charge in [0.25, 0.3) is 0 Å². The topological polar surface area (TPSA) is 87.1 Å². The van der Waals surface area contributed by atoms with Crippen molar-refractivity contribution in [1.82, 2.24) is 9.97 Å². The summed E-state index contributed by atoms with van der Waals surface area (Å²) in [7, 11) is 0. The molecule has 0 atom stereocenters. The predicted octanol–water partition coefficient (Wildman–Crippen LogP) is 5.24. The van der Waals surface area contributed by atoms with Crippen LogP contribution in [0.5, 0.6) is 0 Å². The summed E-state index contributed by atoms with van der Waals surface area (Å²) in [6.45, 7) is 5.78. The number of halogens is 1. The van der Waals surface area contributed by atoms with E-state index < -0.39 is 5.97 Å². The van der Waals surface area contributed by atoms with E-state index in [0.717, 1.165) is 22.5 Å². The summed E-state index contributed by atoms with van der Waals surface area (Å²) in [4.78, 5) is 19.7. The number of carboxylic acid groups (broad SMARTS) is 1. The second kappa shape index (κ2) is 7.63. The van der Waals surface area contributed by atoms with Crippen LogP contribution in [-0.2, 0) is 0 Å². The minimum absolute atomic E-state index is 0.228. The normalized spacial score (nSPS) is 10.5. The molecule has 0 radical (unpaired) electrons. The lowest BCUT2D eigenvalue weighted by Gasteiger charge is -2.14. The Morgan fingerprint density at radius 3 is 2.19 bits per heavy atom. The molecule has 3 N–H and O–H groups in total. The molecule has 0 saturated heterocycles. The van der Waals surface area contributed by atoms with Gasteiger partial charge in [-0.1, -0.05) is 17.7 Å². The number of nitrogens with zero attached hydrogens (tertiary/aromatic N) is 2. The molecular formula is C20H19ClN4O2. The van der Waals surface area contributed by atoms with Crippen LogP contribution in [0.2, 0.25) is 5.02 Å². The molecule has 0 aliphatic carbocycles. The maximum atomic E-state index is 10.9. The van der Waals surface area contributed by atoms with Crippen molar-refractivity contribution in [3.8, 4) is 0 Å². The van der Waals surface area contributed by atoms with Crippen LogP contribution in [0.4, 0.5) is 23.0 Å². The molecule has 3 rings (SSSR count). The molecule has 3 aromatic rings. The summed E-state index contributed by atoms with van der Waals surface area (Å²) in [5, 5.41) is 16.0. The summed E-state index contributed by atoms with van der Waals surface area (Å²) < 4.78 is 0. The van der Waals surface area contributed by atoms with Gasteiger partial charge in [-0.15, -0.1) is 0 Å². The van der Waals surface area contributed by atoms with Gasteiger partial charge in [0, 0.05) is 11.8 Å². The zero-order chi connectivity index (χ0) is 19.6. The van der Waals surface area contributed by atoms with Crippen LogP contribution >= 0.6 is 11.6 Å². The fourth-order valence-electron chi connectivity index (χ4n) is 2.74. The first-order chi connectivity index (χ1) is 12.8. The predicted molar refractivity (Wildman–Crippen MR) is 108 cm³/mol. The Morgan fingerprint density at radius 1 is 0.963 bits per heavy atom. The number of rotatable bonds is 5. The number of aryl methyl sites for hydroxylation is 3. The Kier molecular flexibility index (Phi) is 5.28. The molecule has 0 saturated carbocycles. The van der Waals surface area contributed by atoms with E-state index in [0.29, 0.717) is 22.5 Å². The van der Waals surface area contributed by atoms with Crippen LogP contribution in [0.3, 0.4) is 0 Å². The van der Waals surface area contributed by atoms with E-state index in [1.807, 2.05) is 26.0 Å². The molecule has 0 spiro atoms. The molecule has 0 bridgehead atoms. The third kappa shape index (κ3) is 4.54. The minimum atomic E-state index is -0.962. The van der Waals surface area contributed by atoms with Crippen LogP contribution in [0.1, 0.15) is 27.3 Å². The van der Waals surface area contributed by atoms with Crippen LogP contribution < -0.4 is 10.6 Å². The van der Waals surface area contributed by atoms with Crippen molar-refractivity contribution in [3.63, 3.8) is 0 Å². The van der Waals surface area contributed by atoms with Crippen molar-refractivity contribution in [3.05, 3.63) is 70.0 Å². The number of hydrogen-bond donors (Lipinski definition) is 3. The van der Waals surface area contributed by atoms with Crippen molar-refractivity contribution < 1.29 is 9.90 Å². The summed E-state index contributed by atoms with van der Waals surface area (Å²) in [6.07, 6.45) is 0. The van der Waals surface area contributed by atoms with Crippen molar-refractivity contribution in [2.45, 2.75) is 20.8 Å². The van der Waals surface area contributed by atoms with E-state index in [2.05, 4.69) is 20.6 Å². The standard InChI is InChI=1S/C20H19ClN4O2/c1-11-8-12(2)19(16(21)9-11)25-18-10-17(22-13(3)23-18)24-15-6-4-14(5-7-15)20(26)27/h4-10H,1-3H3,(H,26,27)(H2,22,23,24,25). The smallest absolute Gasteiger partial charge is 0.335 e. The van der Waals surface area contributed by atoms with E-state index in [1.54, 1.807) is 25.1 Å². The average molecular weight is 383 g/mol. The molecule has 2 aromatic carbocycles. The van der Waals surface area contributed by atoms with Crippen molar-refractivity contribution in [2.75, 3.05) is 10.6 Å². The second-order valence-corrected chi connectivity index (χ2v) is 6.66. The first-order valence-electron chi connectivity index (χ1n) is 8.31. The number of aromatic carboxylic acids is 1. The molecule has 0 amide bonds. The van der Waals surface area contributed by atoms with Crippen LogP contribution in [-0.4, -0.2) is 21.0 Å². The van der Waals surface area contributed by atoms with Crippen molar-refractivity contribution >= 4 is 40.6 Å². The fourth-order valence-corrected chi connectivity index (χ4v) is 3.11. The van der Waals surface area contributed by atoms with Gasteiger partial charge in [0.2, 0.25) is 0 Å². The Bertz CT molecular complexity index is 980. The Hall–Kier alpha value is -3.12. The first kappa shape index (κ1) is 18.7. The summed E-state index contributed by atoms with van der Waals surface area (Å²) >= 11 is 6.36. The van der Waals surface area contributed by atoms with E-state index in [9.17, 15) is 4.79 Å². The van der Waals surface area contributed by atoms with Gasteiger partial charge in [0.15, 0.2) is 0 Å². The van der Waals surface area contributed by atoms with Crippen LogP contribution in [0.15, 0.2) is 42.5 Å². The fraction of sp³-hybridized carbons (Fsp3) is 0.150. The number of carbonyl (C=O) groups is 1. The highest BCUT2D eigenvalue weighted by Gasteiger charge is 2.09. The maximum absolute atomic E-state index is 10.9. The summed E-state index contributed by atoms with van der Waals surface area (Å²) in [5.74, 6) is 0.830. The second-order valence-electron chi connectivity index (χ2n) is 6.26. The van der Waals surface area contributed by atoms with Gasteiger partial charge >= 0.3 is 5.97 Å². The molecule has 138 valence electrons. The maximum Gasteiger partial charge on any atom is 0.335 e. The van der Waals surface area contributed by atoms with E-state index in [1.165, 1.54) is 12.1 Å². The van der Waals surface area contributed by atoms with Gasteiger partial charge in [-0.2, -0.15) is 0 Å². The highest BCUT2D eigenvalue weighted by Crippen LogP contribution is 2.30. The lowest BCUT2D eigenvalue weighted by atomic mass is 10.1. The third-order valence-corrected chi connectivity index (χ3v) is 4.23. The summed E-state index contributed by atoms with van der Waals surface area (Å²) in [5.41, 5.74) is 3.88. The molecule has 7 heteroatoms.